The molecule has 0 amide bonds. The lowest BCUT2D eigenvalue weighted by molar-refractivity contribution is -0.163. The van der Waals surface area contributed by atoms with Gasteiger partial charge in [-0.2, -0.15) is 5.10 Å². The number of aromatic nitrogens is 4. The monoisotopic (exact) mass is 385 g/mol. The molecule has 1 unspecified atom stereocenters. The van der Waals surface area contributed by atoms with E-state index in [1.165, 1.54) is 18.4 Å². The molecule has 1 aliphatic carbocycles. The number of aryl methyl sites for hydroxylation is 1. The Morgan fingerprint density at radius 2 is 2.30 bits per heavy atom. The van der Waals surface area contributed by atoms with Gasteiger partial charge in [0.2, 0.25) is 0 Å². The Hall–Kier alpha value is -2.78. The molecule has 3 aromatic rings. The first-order chi connectivity index (χ1) is 13.0. The maximum atomic E-state index is 11.5. The highest BCUT2D eigenvalue weighted by Gasteiger charge is 2.40. The summed E-state index contributed by atoms with van der Waals surface area (Å²) < 4.78 is 5.28. The summed E-state index contributed by atoms with van der Waals surface area (Å²) in [5.74, 6) is 1.04. The van der Waals surface area contributed by atoms with Crippen LogP contribution in [0.5, 0.6) is 0 Å². The molecule has 0 fully saturated rings. The molecule has 8 nitrogen and oxygen atoms in total. The fraction of sp³-hybridized carbons (Fsp3) is 0.333. The van der Waals surface area contributed by atoms with Gasteiger partial charge in [0.15, 0.2) is 17.2 Å². The van der Waals surface area contributed by atoms with Crippen molar-refractivity contribution in [3.8, 4) is 0 Å². The summed E-state index contributed by atoms with van der Waals surface area (Å²) in [4.78, 5) is 21.8. The third kappa shape index (κ3) is 3.19. The lowest BCUT2D eigenvalue weighted by Gasteiger charge is -2.30. The zero-order chi connectivity index (χ0) is 19.0. The van der Waals surface area contributed by atoms with E-state index in [1.807, 2.05) is 30.5 Å². The molecule has 3 aromatic heterocycles. The predicted octanol–water partition coefficient (Wildman–Crippen LogP) is 3.50. The number of hydrogen-bond donors (Lipinski definition) is 3. The number of allylic oxidation sites excluding steroid dienone is 1. The molecule has 4 rings (SSSR count). The van der Waals surface area contributed by atoms with E-state index >= 15 is 0 Å². The molecular formula is C18H19N5O3S. The van der Waals surface area contributed by atoms with Crippen molar-refractivity contribution >= 4 is 44.7 Å². The van der Waals surface area contributed by atoms with E-state index in [9.17, 15) is 9.90 Å². The van der Waals surface area contributed by atoms with E-state index in [0.29, 0.717) is 36.7 Å². The number of thiophene rings is 1. The van der Waals surface area contributed by atoms with Gasteiger partial charge in [0.1, 0.15) is 10.6 Å². The van der Waals surface area contributed by atoms with Crippen LogP contribution in [0.3, 0.4) is 0 Å². The van der Waals surface area contributed by atoms with Crippen LogP contribution in [-0.2, 0) is 9.53 Å². The minimum atomic E-state index is -1.16. The van der Waals surface area contributed by atoms with Gasteiger partial charge in [-0.05, 0) is 36.8 Å². The molecular weight excluding hydrogens is 366 g/mol. The Morgan fingerprint density at radius 1 is 1.44 bits per heavy atom. The van der Waals surface area contributed by atoms with E-state index < -0.39 is 11.6 Å². The number of anilines is 2. The van der Waals surface area contributed by atoms with Crippen LogP contribution in [0.2, 0.25) is 0 Å². The van der Waals surface area contributed by atoms with Crippen LogP contribution >= 0.6 is 11.3 Å². The Morgan fingerprint density at radius 3 is 2.93 bits per heavy atom. The third-order valence-electron chi connectivity index (χ3n) is 4.82. The van der Waals surface area contributed by atoms with Gasteiger partial charge < -0.3 is 15.2 Å². The number of hydrogen-bond acceptors (Lipinski definition) is 7. The molecule has 0 saturated carbocycles. The highest BCUT2D eigenvalue weighted by Crippen LogP contribution is 2.36. The van der Waals surface area contributed by atoms with Crippen molar-refractivity contribution in [3.05, 3.63) is 35.1 Å². The molecule has 3 heterocycles. The van der Waals surface area contributed by atoms with Gasteiger partial charge in [0.25, 0.3) is 0 Å². The van der Waals surface area contributed by atoms with E-state index in [-0.39, 0.29) is 0 Å². The number of fused-ring (bicyclic) bond motifs is 1. The van der Waals surface area contributed by atoms with E-state index in [4.69, 9.17) is 9.72 Å². The van der Waals surface area contributed by atoms with E-state index in [1.54, 1.807) is 0 Å². The molecule has 1 aliphatic rings. The molecule has 0 aliphatic heterocycles. The summed E-state index contributed by atoms with van der Waals surface area (Å²) in [6.45, 7) is 1.93. The molecule has 9 heteroatoms. The standard InChI is InChI=1S/C18H19N5O3S/c1-10-9-13(23-22-10)19-15-12-5-8-27-16(12)21-14(20-15)11-3-6-18(26-2,7-4-11)17(24)25/h3,5,8-9H,4,6-7H2,1-2H3,(H,24,25)(H2,19,20,21,22,23). The molecule has 0 radical (unpaired) electrons. The summed E-state index contributed by atoms with van der Waals surface area (Å²) in [6.07, 6.45) is 3.09. The number of nitrogens with one attached hydrogen (secondary N) is 2. The van der Waals surface area contributed by atoms with Gasteiger partial charge in [-0.1, -0.05) is 6.08 Å². The zero-order valence-corrected chi connectivity index (χ0v) is 15.8. The Balaban J connectivity index is 1.70. The summed E-state index contributed by atoms with van der Waals surface area (Å²) in [5.41, 5.74) is 0.720. The topological polar surface area (TPSA) is 113 Å². The van der Waals surface area contributed by atoms with Crippen molar-refractivity contribution < 1.29 is 14.6 Å². The number of H-pyrrole nitrogens is 1. The number of carbonyl (C=O) groups is 1. The van der Waals surface area contributed by atoms with Gasteiger partial charge in [0.05, 0.1) is 5.39 Å². The fourth-order valence-electron chi connectivity index (χ4n) is 3.20. The molecule has 3 N–H and O–H groups in total. The van der Waals surface area contributed by atoms with Crippen LogP contribution in [0.1, 0.15) is 30.8 Å². The Bertz CT molecular complexity index is 1040. The maximum absolute atomic E-state index is 11.5. The smallest absolute Gasteiger partial charge is 0.336 e. The quantitative estimate of drug-likeness (QED) is 0.616. The third-order valence-corrected chi connectivity index (χ3v) is 5.63. The number of rotatable bonds is 5. The minimum Gasteiger partial charge on any atom is -0.479 e. The summed E-state index contributed by atoms with van der Waals surface area (Å²) in [5, 5.41) is 22.7. The largest absolute Gasteiger partial charge is 0.479 e. The fourth-order valence-corrected chi connectivity index (χ4v) is 3.96. The normalized spacial score (nSPS) is 19.9. The van der Waals surface area contributed by atoms with Crippen LogP contribution in [0, 0.1) is 6.92 Å². The number of ether oxygens (including phenoxy) is 1. The summed E-state index contributed by atoms with van der Waals surface area (Å²) >= 11 is 1.54. The first-order valence-electron chi connectivity index (χ1n) is 8.53. The number of carboxylic acid groups (broad SMARTS) is 1. The van der Waals surface area contributed by atoms with Gasteiger partial charge in [0, 0.05) is 25.3 Å². The van der Waals surface area contributed by atoms with Crippen LogP contribution in [0.15, 0.2) is 23.6 Å². The van der Waals surface area contributed by atoms with Crippen LogP contribution in [-0.4, -0.2) is 44.0 Å². The number of nitrogens with zero attached hydrogens (tertiary/aromatic N) is 3. The average Bonchev–Trinajstić information content (AvgIpc) is 3.30. The van der Waals surface area contributed by atoms with Crippen molar-refractivity contribution in [2.24, 2.45) is 0 Å². The highest BCUT2D eigenvalue weighted by atomic mass is 32.1. The maximum Gasteiger partial charge on any atom is 0.336 e. The summed E-state index contributed by atoms with van der Waals surface area (Å²) in [7, 11) is 1.44. The lowest BCUT2D eigenvalue weighted by atomic mass is 9.85. The Labute approximate surface area is 159 Å². The Kier molecular flexibility index (Phi) is 4.40. The first kappa shape index (κ1) is 17.6. The van der Waals surface area contributed by atoms with E-state index in [0.717, 1.165) is 21.5 Å². The molecule has 0 spiro atoms. The number of carboxylic acids is 1. The minimum absolute atomic E-state index is 0.293. The van der Waals surface area contributed by atoms with Crippen LogP contribution < -0.4 is 5.32 Å². The zero-order valence-electron chi connectivity index (χ0n) is 14.9. The molecule has 0 bridgehead atoms. The summed E-state index contributed by atoms with van der Waals surface area (Å²) in [6, 6.07) is 3.88. The van der Waals surface area contributed by atoms with Crippen molar-refractivity contribution in [2.75, 3.05) is 12.4 Å². The number of aromatic amines is 1. The van der Waals surface area contributed by atoms with Gasteiger partial charge in [-0.25, -0.2) is 14.8 Å². The second-order valence-electron chi connectivity index (χ2n) is 6.53. The second kappa shape index (κ2) is 6.75. The molecule has 27 heavy (non-hydrogen) atoms. The van der Waals surface area contributed by atoms with Crippen molar-refractivity contribution in [1.29, 1.82) is 0 Å². The van der Waals surface area contributed by atoms with E-state index in [2.05, 4.69) is 20.5 Å². The number of aliphatic carboxylic acids is 1. The van der Waals surface area contributed by atoms with Crippen LogP contribution in [0.25, 0.3) is 15.8 Å². The second-order valence-corrected chi connectivity index (χ2v) is 7.43. The molecule has 0 aromatic carbocycles. The van der Waals surface area contributed by atoms with Crippen LogP contribution in [0.4, 0.5) is 11.6 Å². The van der Waals surface area contributed by atoms with Crippen molar-refractivity contribution in [1.82, 2.24) is 20.2 Å². The highest BCUT2D eigenvalue weighted by molar-refractivity contribution is 7.16. The average molecular weight is 385 g/mol. The van der Waals surface area contributed by atoms with Crippen molar-refractivity contribution in [2.45, 2.75) is 31.8 Å². The van der Waals surface area contributed by atoms with Gasteiger partial charge >= 0.3 is 5.97 Å². The van der Waals surface area contributed by atoms with Gasteiger partial charge in [-0.15, -0.1) is 11.3 Å². The first-order valence-corrected chi connectivity index (χ1v) is 9.41. The van der Waals surface area contributed by atoms with Gasteiger partial charge in [-0.3, -0.25) is 5.10 Å². The lowest BCUT2D eigenvalue weighted by Crippen LogP contribution is -2.41. The molecule has 1 atom stereocenters. The number of methoxy groups -OCH3 is 1. The molecule has 140 valence electrons. The van der Waals surface area contributed by atoms with Crippen molar-refractivity contribution in [3.63, 3.8) is 0 Å². The SMILES string of the molecule is COC1(C(=O)O)CC=C(c2nc(Nc3cc(C)[nH]n3)c3ccsc3n2)CC1. The molecule has 0 saturated heterocycles. The predicted molar refractivity (Wildman–Crippen MR) is 103 cm³/mol.